The Balaban J connectivity index is 2.72. The van der Waals surface area contributed by atoms with Gasteiger partial charge in [-0.2, -0.15) is 0 Å². The maximum atomic E-state index is 11.5. The molecule has 0 atom stereocenters. The standard InChI is InChI=1S/C12H16N2O3/c1-8(2)7-11(15)14-10-6-4-5-9(13-10)12(16)17-3/h4-6,8H,7H2,1-3H3,(H,13,14,15). The average Bonchev–Trinajstić information content (AvgIpc) is 2.27. The summed E-state index contributed by atoms with van der Waals surface area (Å²) in [6.07, 6.45) is 0.421. The molecule has 0 fully saturated rings. The van der Waals surface area contributed by atoms with E-state index in [2.05, 4.69) is 15.0 Å². The summed E-state index contributed by atoms with van der Waals surface area (Å²) < 4.78 is 4.55. The molecule has 92 valence electrons. The summed E-state index contributed by atoms with van der Waals surface area (Å²) in [7, 11) is 1.29. The van der Waals surface area contributed by atoms with E-state index >= 15 is 0 Å². The molecule has 1 rings (SSSR count). The Labute approximate surface area is 100 Å². The van der Waals surface area contributed by atoms with Crippen molar-refractivity contribution in [2.45, 2.75) is 20.3 Å². The average molecular weight is 236 g/mol. The highest BCUT2D eigenvalue weighted by molar-refractivity contribution is 5.91. The lowest BCUT2D eigenvalue weighted by Gasteiger charge is -2.07. The number of aromatic nitrogens is 1. The van der Waals surface area contributed by atoms with E-state index in [1.54, 1.807) is 12.1 Å². The van der Waals surface area contributed by atoms with Crippen LogP contribution in [-0.4, -0.2) is 24.0 Å². The Bertz CT molecular complexity index is 416. The number of hydrogen-bond donors (Lipinski definition) is 1. The second-order valence-electron chi connectivity index (χ2n) is 4.05. The molecule has 0 unspecified atom stereocenters. The van der Waals surface area contributed by atoms with Gasteiger partial charge in [-0.05, 0) is 18.1 Å². The number of anilines is 1. The summed E-state index contributed by atoms with van der Waals surface area (Å²) in [5, 5.41) is 2.63. The predicted molar refractivity (Wildman–Crippen MR) is 63.7 cm³/mol. The zero-order chi connectivity index (χ0) is 12.8. The van der Waals surface area contributed by atoms with E-state index in [1.165, 1.54) is 13.2 Å². The minimum Gasteiger partial charge on any atom is -0.464 e. The van der Waals surface area contributed by atoms with Gasteiger partial charge in [-0.15, -0.1) is 0 Å². The van der Waals surface area contributed by atoms with Crippen molar-refractivity contribution < 1.29 is 14.3 Å². The highest BCUT2D eigenvalue weighted by Crippen LogP contribution is 2.08. The number of rotatable bonds is 4. The molecule has 5 heteroatoms. The van der Waals surface area contributed by atoms with Crippen LogP contribution in [0.1, 0.15) is 30.8 Å². The molecule has 0 aromatic carbocycles. The van der Waals surface area contributed by atoms with Crippen molar-refractivity contribution in [2.75, 3.05) is 12.4 Å². The molecule has 1 heterocycles. The van der Waals surface area contributed by atoms with Crippen molar-refractivity contribution in [3.63, 3.8) is 0 Å². The zero-order valence-corrected chi connectivity index (χ0v) is 10.2. The summed E-state index contributed by atoms with van der Waals surface area (Å²) >= 11 is 0. The summed E-state index contributed by atoms with van der Waals surface area (Å²) in [5.74, 6) is -0.00295. The van der Waals surface area contributed by atoms with Crippen molar-refractivity contribution in [2.24, 2.45) is 5.92 Å². The Morgan fingerprint density at radius 3 is 2.71 bits per heavy atom. The number of esters is 1. The molecular weight excluding hydrogens is 220 g/mol. The second-order valence-corrected chi connectivity index (χ2v) is 4.05. The number of carbonyl (C=O) groups excluding carboxylic acids is 2. The van der Waals surface area contributed by atoms with E-state index in [9.17, 15) is 9.59 Å². The Morgan fingerprint density at radius 1 is 1.41 bits per heavy atom. The topological polar surface area (TPSA) is 68.3 Å². The monoisotopic (exact) mass is 236 g/mol. The summed E-state index contributed by atoms with van der Waals surface area (Å²) in [6.45, 7) is 3.91. The van der Waals surface area contributed by atoms with Gasteiger partial charge < -0.3 is 10.1 Å². The van der Waals surface area contributed by atoms with Gasteiger partial charge in [0.25, 0.3) is 0 Å². The number of nitrogens with one attached hydrogen (secondary N) is 1. The van der Waals surface area contributed by atoms with Gasteiger partial charge in [0.1, 0.15) is 5.82 Å². The molecule has 1 aromatic heterocycles. The number of nitrogens with zero attached hydrogens (tertiary/aromatic N) is 1. The Morgan fingerprint density at radius 2 is 2.12 bits per heavy atom. The maximum Gasteiger partial charge on any atom is 0.356 e. The van der Waals surface area contributed by atoms with Crippen LogP contribution in [0.15, 0.2) is 18.2 Å². The van der Waals surface area contributed by atoms with Gasteiger partial charge in [0.05, 0.1) is 7.11 Å². The number of pyridine rings is 1. The van der Waals surface area contributed by atoms with Gasteiger partial charge >= 0.3 is 5.97 Å². The fourth-order valence-corrected chi connectivity index (χ4v) is 1.29. The van der Waals surface area contributed by atoms with Gasteiger partial charge in [0, 0.05) is 6.42 Å². The fraction of sp³-hybridized carbons (Fsp3) is 0.417. The lowest BCUT2D eigenvalue weighted by atomic mass is 10.1. The third kappa shape index (κ3) is 4.22. The molecule has 0 aliphatic carbocycles. The third-order valence-corrected chi connectivity index (χ3v) is 2.00. The van der Waals surface area contributed by atoms with Crippen LogP contribution in [-0.2, 0) is 9.53 Å². The zero-order valence-electron chi connectivity index (χ0n) is 10.2. The van der Waals surface area contributed by atoms with Crippen molar-refractivity contribution >= 4 is 17.7 Å². The molecule has 0 aliphatic heterocycles. The minimum absolute atomic E-state index is 0.116. The number of ether oxygens (including phenoxy) is 1. The van der Waals surface area contributed by atoms with Crippen molar-refractivity contribution in [1.29, 1.82) is 0 Å². The quantitative estimate of drug-likeness (QED) is 0.810. The number of carbonyl (C=O) groups is 2. The Kier molecular flexibility index (Phi) is 4.63. The van der Waals surface area contributed by atoms with Crippen LogP contribution in [0.3, 0.4) is 0 Å². The van der Waals surface area contributed by atoms with Crippen LogP contribution >= 0.6 is 0 Å². The van der Waals surface area contributed by atoms with Gasteiger partial charge in [0.2, 0.25) is 5.91 Å². The van der Waals surface area contributed by atoms with E-state index in [4.69, 9.17) is 0 Å². The van der Waals surface area contributed by atoms with Crippen molar-refractivity contribution in [1.82, 2.24) is 4.98 Å². The molecule has 0 saturated heterocycles. The first-order valence-electron chi connectivity index (χ1n) is 5.38. The van der Waals surface area contributed by atoms with E-state index in [1.807, 2.05) is 13.8 Å². The highest BCUT2D eigenvalue weighted by atomic mass is 16.5. The van der Waals surface area contributed by atoms with E-state index in [0.29, 0.717) is 12.2 Å². The number of methoxy groups -OCH3 is 1. The minimum atomic E-state index is -0.523. The lowest BCUT2D eigenvalue weighted by Crippen LogP contribution is -2.15. The molecule has 1 N–H and O–H groups in total. The molecule has 1 aromatic rings. The van der Waals surface area contributed by atoms with Crippen molar-refractivity contribution in [3.8, 4) is 0 Å². The Hall–Kier alpha value is -1.91. The molecule has 0 saturated carbocycles. The van der Waals surface area contributed by atoms with Gasteiger partial charge in [0.15, 0.2) is 5.69 Å². The van der Waals surface area contributed by atoms with Crippen LogP contribution in [0.25, 0.3) is 0 Å². The molecule has 0 aliphatic rings. The van der Waals surface area contributed by atoms with Crippen LogP contribution in [0.5, 0.6) is 0 Å². The number of hydrogen-bond acceptors (Lipinski definition) is 4. The van der Waals surface area contributed by atoms with E-state index in [-0.39, 0.29) is 17.5 Å². The fourth-order valence-electron chi connectivity index (χ4n) is 1.29. The SMILES string of the molecule is COC(=O)c1cccc(NC(=O)CC(C)C)n1. The summed E-state index contributed by atoms with van der Waals surface area (Å²) in [6, 6.07) is 4.80. The molecule has 5 nitrogen and oxygen atoms in total. The van der Waals surface area contributed by atoms with E-state index < -0.39 is 5.97 Å². The molecule has 0 spiro atoms. The molecular formula is C12H16N2O3. The first-order chi connectivity index (χ1) is 8.02. The van der Waals surface area contributed by atoms with Gasteiger partial charge in [-0.25, -0.2) is 9.78 Å². The molecule has 1 amide bonds. The summed E-state index contributed by atoms with van der Waals surface area (Å²) in [4.78, 5) is 26.7. The van der Waals surface area contributed by atoms with Crippen molar-refractivity contribution in [3.05, 3.63) is 23.9 Å². The van der Waals surface area contributed by atoms with Gasteiger partial charge in [-0.1, -0.05) is 19.9 Å². The van der Waals surface area contributed by atoms with Crippen LogP contribution in [0.4, 0.5) is 5.82 Å². The largest absolute Gasteiger partial charge is 0.464 e. The number of amides is 1. The van der Waals surface area contributed by atoms with Crippen LogP contribution in [0.2, 0.25) is 0 Å². The van der Waals surface area contributed by atoms with Gasteiger partial charge in [-0.3, -0.25) is 4.79 Å². The molecule has 0 radical (unpaired) electrons. The van der Waals surface area contributed by atoms with Crippen LogP contribution < -0.4 is 5.32 Å². The first-order valence-corrected chi connectivity index (χ1v) is 5.38. The normalized spacial score (nSPS) is 10.1. The third-order valence-electron chi connectivity index (χ3n) is 2.00. The molecule has 0 bridgehead atoms. The predicted octanol–water partition coefficient (Wildman–Crippen LogP) is 1.85. The second kappa shape index (κ2) is 5.98. The van der Waals surface area contributed by atoms with E-state index in [0.717, 1.165) is 0 Å². The maximum absolute atomic E-state index is 11.5. The smallest absolute Gasteiger partial charge is 0.356 e. The highest BCUT2D eigenvalue weighted by Gasteiger charge is 2.10. The first kappa shape index (κ1) is 13.2. The lowest BCUT2D eigenvalue weighted by molar-refractivity contribution is -0.116. The summed E-state index contributed by atoms with van der Waals surface area (Å²) in [5.41, 5.74) is 0.176. The van der Waals surface area contributed by atoms with Crippen LogP contribution in [0, 0.1) is 5.92 Å². The molecule has 17 heavy (non-hydrogen) atoms.